The van der Waals surface area contributed by atoms with Gasteiger partial charge in [0.2, 0.25) is 5.89 Å². The smallest absolute Gasteiger partial charge is 0.202 e. The number of hydrogen-bond acceptors (Lipinski definition) is 3. The highest BCUT2D eigenvalue weighted by molar-refractivity contribution is 9.10. The van der Waals surface area contributed by atoms with Crippen LogP contribution in [0.2, 0.25) is 0 Å². The second-order valence-electron chi connectivity index (χ2n) is 4.97. The third kappa shape index (κ3) is 2.00. The van der Waals surface area contributed by atoms with Crippen LogP contribution in [0.25, 0.3) is 11.1 Å². The van der Waals surface area contributed by atoms with Gasteiger partial charge in [-0.15, -0.1) is 0 Å². The van der Waals surface area contributed by atoms with E-state index in [-0.39, 0.29) is 5.41 Å². The van der Waals surface area contributed by atoms with E-state index in [4.69, 9.17) is 4.42 Å². The first-order valence-corrected chi connectivity index (χ1v) is 6.74. The maximum absolute atomic E-state index is 5.89. The second-order valence-corrected chi connectivity index (χ2v) is 5.89. The Kier molecular flexibility index (Phi) is 2.71. The molecule has 0 bridgehead atoms. The van der Waals surface area contributed by atoms with Crippen molar-refractivity contribution in [1.29, 1.82) is 0 Å². The fraction of sp³-hybridized carbons (Fsp3) is 0.462. The van der Waals surface area contributed by atoms with Crippen molar-refractivity contribution in [2.24, 2.45) is 0 Å². The number of benzene rings is 1. The Morgan fingerprint density at radius 1 is 1.47 bits per heavy atom. The number of aromatic nitrogens is 1. The molecule has 1 aromatic heterocycles. The van der Waals surface area contributed by atoms with Crippen LogP contribution in [0.5, 0.6) is 0 Å². The van der Waals surface area contributed by atoms with Crippen molar-refractivity contribution in [3.63, 3.8) is 0 Å². The van der Waals surface area contributed by atoms with Gasteiger partial charge in [-0.25, -0.2) is 4.98 Å². The van der Waals surface area contributed by atoms with E-state index >= 15 is 0 Å². The van der Waals surface area contributed by atoms with E-state index in [0.717, 1.165) is 41.0 Å². The molecule has 3 nitrogen and oxygen atoms in total. The first-order chi connectivity index (χ1) is 8.17. The molecule has 3 rings (SSSR count). The van der Waals surface area contributed by atoms with E-state index in [1.807, 2.05) is 18.2 Å². The maximum atomic E-state index is 5.89. The molecule has 1 aromatic carbocycles. The Labute approximate surface area is 109 Å². The number of piperidine rings is 1. The molecule has 1 aliphatic heterocycles. The van der Waals surface area contributed by atoms with Crippen LogP contribution in [0.15, 0.2) is 27.1 Å². The molecule has 0 spiro atoms. The number of oxazole rings is 1. The normalized spacial score (nSPS) is 25.3. The predicted octanol–water partition coefficient (Wildman–Crippen LogP) is 3.23. The van der Waals surface area contributed by atoms with Gasteiger partial charge in [-0.3, -0.25) is 0 Å². The van der Waals surface area contributed by atoms with Crippen molar-refractivity contribution in [1.82, 2.24) is 10.3 Å². The zero-order valence-corrected chi connectivity index (χ0v) is 11.4. The average Bonchev–Trinajstić information content (AvgIpc) is 2.73. The van der Waals surface area contributed by atoms with E-state index in [9.17, 15) is 0 Å². The highest BCUT2D eigenvalue weighted by atomic mass is 79.9. The standard InChI is InChI=1S/C13H15BrN2O/c1-13(5-2-6-15-8-13)12-16-10-7-9(14)3-4-11(10)17-12/h3-4,7,15H,2,5-6,8H2,1H3. The van der Waals surface area contributed by atoms with Crippen LogP contribution in [0.3, 0.4) is 0 Å². The van der Waals surface area contributed by atoms with Crippen LogP contribution in [0, 0.1) is 0 Å². The van der Waals surface area contributed by atoms with Gasteiger partial charge in [0.1, 0.15) is 5.52 Å². The van der Waals surface area contributed by atoms with Crippen molar-refractivity contribution in [2.45, 2.75) is 25.2 Å². The van der Waals surface area contributed by atoms with Gasteiger partial charge in [-0.1, -0.05) is 15.9 Å². The number of halogens is 1. The molecule has 0 aliphatic carbocycles. The summed E-state index contributed by atoms with van der Waals surface area (Å²) >= 11 is 3.46. The SMILES string of the molecule is CC1(c2nc3cc(Br)ccc3o2)CCCNC1. The average molecular weight is 295 g/mol. The number of hydrogen-bond donors (Lipinski definition) is 1. The quantitative estimate of drug-likeness (QED) is 0.877. The van der Waals surface area contributed by atoms with E-state index in [1.165, 1.54) is 6.42 Å². The molecule has 90 valence electrons. The zero-order chi connectivity index (χ0) is 11.9. The monoisotopic (exact) mass is 294 g/mol. The molecule has 17 heavy (non-hydrogen) atoms. The lowest BCUT2D eigenvalue weighted by atomic mass is 9.83. The molecule has 1 N–H and O–H groups in total. The van der Waals surface area contributed by atoms with Crippen molar-refractivity contribution >= 4 is 27.0 Å². The molecular formula is C13H15BrN2O. The summed E-state index contributed by atoms with van der Waals surface area (Å²) in [5.41, 5.74) is 1.83. The van der Waals surface area contributed by atoms with Crippen molar-refractivity contribution in [2.75, 3.05) is 13.1 Å². The van der Waals surface area contributed by atoms with Crippen molar-refractivity contribution in [3.8, 4) is 0 Å². The maximum Gasteiger partial charge on any atom is 0.202 e. The molecule has 1 fully saturated rings. The summed E-state index contributed by atoms with van der Waals surface area (Å²) < 4.78 is 6.93. The molecule has 1 unspecified atom stereocenters. The van der Waals surface area contributed by atoms with E-state index < -0.39 is 0 Å². The molecule has 2 heterocycles. The molecular weight excluding hydrogens is 280 g/mol. The van der Waals surface area contributed by atoms with Crippen LogP contribution < -0.4 is 5.32 Å². The fourth-order valence-corrected chi connectivity index (χ4v) is 2.75. The van der Waals surface area contributed by atoms with E-state index in [2.05, 4.69) is 33.2 Å². The fourth-order valence-electron chi connectivity index (χ4n) is 2.40. The summed E-state index contributed by atoms with van der Waals surface area (Å²) in [6.07, 6.45) is 2.31. The van der Waals surface area contributed by atoms with Crippen molar-refractivity contribution in [3.05, 3.63) is 28.6 Å². The van der Waals surface area contributed by atoms with Crippen LogP contribution in [0.1, 0.15) is 25.7 Å². The lowest BCUT2D eigenvalue weighted by Gasteiger charge is -2.30. The number of fused-ring (bicyclic) bond motifs is 1. The Balaban J connectivity index is 2.05. The van der Waals surface area contributed by atoms with Crippen LogP contribution in [-0.4, -0.2) is 18.1 Å². The third-order valence-electron chi connectivity index (χ3n) is 3.46. The minimum absolute atomic E-state index is 0.0315. The van der Waals surface area contributed by atoms with Gasteiger partial charge in [0.25, 0.3) is 0 Å². The summed E-state index contributed by atoms with van der Waals surface area (Å²) in [6, 6.07) is 5.95. The Bertz CT molecular complexity index is 543. The summed E-state index contributed by atoms with van der Waals surface area (Å²) in [6.45, 7) is 4.27. The first-order valence-electron chi connectivity index (χ1n) is 5.95. The van der Waals surface area contributed by atoms with Gasteiger partial charge in [-0.2, -0.15) is 0 Å². The highest BCUT2D eigenvalue weighted by Gasteiger charge is 2.33. The van der Waals surface area contributed by atoms with Crippen LogP contribution in [-0.2, 0) is 5.41 Å². The zero-order valence-electron chi connectivity index (χ0n) is 9.79. The van der Waals surface area contributed by atoms with Gasteiger partial charge >= 0.3 is 0 Å². The summed E-state index contributed by atoms with van der Waals surface area (Å²) in [4.78, 5) is 4.63. The Morgan fingerprint density at radius 2 is 2.35 bits per heavy atom. The van der Waals surface area contributed by atoms with Crippen molar-refractivity contribution < 1.29 is 4.42 Å². The molecule has 0 radical (unpaired) electrons. The molecule has 1 atom stereocenters. The van der Waals surface area contributed by atoms with Gasteiger partial charge in [0.15, 0.2) is 5.58 Å². The summed E-state index contributed by atoms with van der Waals surface area (Å²) in [7, 11) is 0. The molecule has 1 aliphatic rings. The number of nitrogens with zero attached hydrogens (tertiary/aromatic N) is 1. The lowest BCUT2D eigenvalue weighted by Crippen LogP contribution is -2.41. The van der Waals surface area contributed by atoms with Gasteiger partial charge in [-0.05, 0) is 44.5 Å². The highest BCUT2D eigenvalue weighted by Crippen LogP contribution is 2.32. The lowest BCUT2D eigenvalue weighted by molar-refractivity contribution is 0.279. The summed E-state index contributed by atoms with van der Waals surface area (Å²) in [5.74, 6) is 0.859. The predicted molar refractivity (Wildman–Crippen MR) is 71.2 cm³/mol. The molecule has 0 amide bonds. The number of rotatable bonds is 1. The van der Waals surface area contributed by atoms with Crippen LogP contribution in [0.4, 0.5) is 0 Å². The Morgan fingerprint density at radius 3 is 3.12 bits per heavy atom. The van der Waals surface area contributed by atoms with E-state index in [1.54, 1.807) is 0 Å². The summed E-state index contributed by atoms with van der Waals surface area (Å²) in [5, 5.41) is 3.42. The largest absolute Gasteiger partial charge is 0.440 e. The minimum Gasteiger partial charge on any atom is -0.440 e. The second kappa shape index (κ2) is 4.10. The van der Waals surface area contributed by atoms with E-state index in [0.29, 0.717) is 0 Å². The third-order valence-corrected chi connectivity index (χ3v) is 3.96. The molecule has 0 saturated carbocycles. The van der Waals surface area contributed by atoms with Crippen LogP contribution >= 0.6 is 15.9 Å². The van der Waals surface area contributed by atoms with Gasteiger partial charge < -0.3 is 9.73 Å². The van der Waals surface area contributed by atoms with Gasteiger partial charge in [0, 0.05) is 11.0 Å². The molecule has 4 heteroatoms. The number of nitrogens with one attached hydrogen (secondary N) is 1. The Hall–Kier alpha value is -0.870. The molecule has 1 saturated heterocycles. The molecule has 2 aromatic rings. The van der Waals surface area contributed by atoms with Gasteiger partial charge in [0.05, 0.1) is 5.41 Å². The topological polar surface area (TPSA) is 38.1 Å². The minimum atomic E-state index is 0.0315. The first kappa shape index (κ1) is 11.2.